The summed E-state index contributed by atoms with van der Waals surface area (Å²) in [5, 5.41) is 2.90. The fourth-order valence-corrected chi connectivity index (χ4v) is 5.59. The average molecular weight is 657 g/mol. The first-order valence-corrected chi connectivity index (χ1v) is 13.9. The second-order valence-electron chi connectivity index (χ2n) is 9.29. The SMILES string of the molecule is CCC1/C(=C(/C)OC)C(=O)N(c2cccc(CC(=O)Nc3cc(OC)c(OC)c(OC)c3)c2)c2ccc(I)cc21. The summed E-state index contributed by atoms with van der Waals surface area (Å²) in [6, 6.07) is 16.9. The van der Waals surface area contributed by atoms with E-state index in [0.717, 1.165) is 26.8 Å². The minimum Gasteiger partial charge on any atom is -0.501 e. The van der Waals surface area contributed by atoms with Gasteiger partial charge in [-0.1, -0.05) is 19.1 Å². The van der Waals surface area contributed by atoms with Gasteiger partial charge in [0, 0.05) is 33.0 Å². The molecule has 210 valence electrons. The normalized spacial score (nSPS) is 15.7. The van der Waals surface area contributed by atoms with E-state index in [4.69, 9.17) is 18.9 Å². The number of allylic oxidation sites excluding steroid dienone is 1. The summed E-state index contributed by atoms with van der Waals surface area (Å²) in [7, 11) is 6.15. The lowest BCUT2D eigenvalue weighted by molar-refractivity contribution is -0.116. The van der Waals surface area contributed by atoms with Gasteiger partial charge in [-0.05, 0) is 77.4 Å². The second kappa shape index (κ2) is 12.6. The summed E-state index contributed by atoms with van der Waals surface area (Å²) < 4.78 is 22.8. The van der Waals surface area contributed by atoms with Crippen molar-refractivity contribution in [3.8, 4) is 17.2 Å². The van der Waals surface area contributed by atoms with Crippen LogP contribution in [0.5, 0.6) is 17.2 Å². The maximum absolute atomic E-state index is 14.0. The van der Waals surface area contributed by atoms with Crippen molar-refractivity contribution in [2.45, 2.75) is 32.6 Å². The first-order valence-electron chi connectivity index (χ1n) is 12.8. The Kier molecular flexibility index (Phi) is 9.24. The first kappa shape index (κ1) is 29.3. The molecule has 0 fully saturated rings. The topological polar surface area (TPSA) is 86.3 Å². The fraction of sp³-hybridized carbons (Fsp3) is 0.290. The van der Waals surface area contributed by atoms with Crippen LogP contribution in [0.2, 0.25) is 0 Å². The Morgan fingerprint density at radius 2 is 1.68 bits per heavy atom. The van der Waals surface area contributed by atoms with Gasteiger partial charge in [0.25, 0.3) is 5.91 Å². The van der Waals surface area contributed by atoms with Crippen LogP contribution in [-0.2, 0) is 20.7 Å². The quantitative estimate of drug-likeness (QED) is 0.159. The van der Waals surface area contributed by atoms with Gasteiger partial charge >= 0.3 is 0 Å². The molecule has 8 nitrogen and oxygen atoms in total. The van der Waals surface area contributed by atoms with Crippen molar-refractivity contribution in [1.29, 1.82) is 0 Å². The summed E-state index contributed by atoms with van der Waals surface area (Å²) in [5.41, 5.74) is 4.51. The molecular formula is C31H33IN2O6. The lowest BCUT2D eigenvalue weighted by Gasteiger charge is -2.36. The van der Waals surface area contributed by atoms with Gasteiger partial charge in [0.15, 0.2) is 11.5 Å². The molecule has 0 aromatic heterocycles. The van der Waals surface area contributed by atoms with Crippen LogP contribution in [-0.4, -0.2) is 40.3 Å². The molecule has 1 heterocycles. The highest BCUT2D eigenvalue weighted by molar-refractivity contribution is 14.1. The van der Waals surface area contributed by atoms with Crippen LogP contribution in [0.4, 0.5) is 17.1 Å². The maximum Gasteiger partial charge on any atom is 0.262 e. The van der Waals surface area contributed by atoms with Gasteiger partial charge in [0.2, 0.25) is 11.7 Å². The molecule has 1 atom stereocenters. The van der Waals surface area contributed by atoms with Gasteiger partial charge in [-0.15, -0.1) is 0 Å². The number of hydrogen-bond acceptors (Lipinski definition) is 6. The number of rotatable bonds is 9. The second-order valence-corrected chi connectivity index (χ2v) is 10.5. The number of nitrogens with zero attached hydrogens (tertiary/aromatic N) is 1. The average Bonchev–Trinajstić information content (AvgIpc) is 2.95. The molecule has 0 aliphatic carbocycles. The van der Waals surface area contributed by atoms with E-state index in [1.165, 1.54) is 21.3 Å². The molecule has 1 aliphatic rings. The van der Waals surface area contributed by atoms with Gasteiger partial charge in [-0.25, -0.2) is 0 Å². The minimum absolute atomic E-state index is 0.0687. The Bertz CT molecular complexity index is 1440. The lowest BCUT2D eigenvalue weighted by atomic mass is 9.82. The molecule has 1 N–H and O–H groups in total. The van der Waals surface area contributed by atoms with Crippen molar-refractivity contribution in [3.05, 3.63) is 80.6 Å². The van der Waals surface area contributed by atoms with Crippen molar-refractivity contribution in [1.82, 2.24) is 0 Å². The number of fused-ring (bicyclic) bond motifs is 1. The van der Waals surface area contributed by atoms with Gasteiger partial charge in [0.05, 0.1) is 46.1 Å². The molecular weight excluding hydrogens is 623 g/mol. The summed E-state index contributed by atoms with van der Waals surface area (Å²) in [4.78, 5) is 28.7. The van der Waals surface area contributed by atoms with Crippen molar-refractivity contribution in [3.63, 3.8) is 0 Å². The highest BCUT2D eigenvalue weighted by atomic mass is 127. The maximum atomic E-state index is 14.0. The van der Waals surface area contributed by atoms with Gasteiger partial charge in [0.1, 0.15) is 5.76 Å². The summed E-state index contributed by atoms with van der Waals surface area (Å²) >= 11 is 2.30. The summed E-state index contributed by atoms with van der Waals surface area (Å²) in [5.74, 6) is 1.51. The Hall–Kier alpha value is -3.73. The molecule has 3 aromatic carbocycles. The number of nitrogens with one attached hydrogen (secondary N) is 1. The summed E-state index contributed by atoms with van der Waals surface area (Å²) in [6.07, 6.45) is 0.868. The Morgan fingerprint density at radius 3 is 2.27 bits per heavy atom. The predicted octanol–water partition coefficient (Wildman–Crippen LogP) is 6.59. The van der Waals surface area contributed by atoms with Gasteiger partial charge < -0.3 is 24.3 Å². The number of ether oxygens (including phenoxy) is 4. The molecule has 0 saturated carbocycles. The van der Waals surface area contributed by atoms with Crippen LogP contribution in [0.15, 0.2) is 65.9 Å². The smallest absolute Gasteiger partial charge is 0.262 e. The van der Waals surface area contributed by atoms with E-state index in [9.17, 15) is 9.59 Å². The molecule has 2 amide bonds. The highest BCUT2D eigenvalue weighted by Crippen LogP contribution is 2.46. The zero-order chi connectivity index (χ0) is 29.0. The van der Waals surface area contributed by atoms with E-state index >= 15 is 0 Å². The van der Waals surface area contributed by atoms with Crippen LogP contribution in [0.25, 0.3) is 0 Å². The lowest BCUT2D eigenvalue weighted by Crippen LogP contribution is -2.36. The van der Waals surface area contributed by atoms with E-state index in [1.54, 1.807) is 24.1 Å². The van der Waals surface area contributed by atoms with Crippen molar-refractivity contribution < 1.29 is 28.5 Å². The Labute approximate surface area is 248 Å². The number of hydrogen-bond donors (Lipinski definition) is 1. The zero-order valence-corrected chi connectivity index (χ0v) is 25.6. The predicted molar refractivity (Wildman–Crippen MR) is 164 cm³/mol. The third kappa shape index (κ3) is 5.74. The van der Waals surface area contributed by atoms with E-state index in [-0.39, 0.29) is 24.2 Å². The summed E-state index contributed by atoms with van der Waals surface area (Å²) in [6.45, 7) is 3.91. The van der Waals surface area contributed by atoms with E-state index in [2.05, 4.69) is 40.9 Å². The van der Waals surface area contributed by atoms with E-state index in [1.807, 2.05) is 43.3 Å². The molecule has 0 radical (unpaired) electrons. The zero-order valence-electron chi connectivity index (χ0n) is 23.5. The van der Waals surface area contributed by atoms with Crippen molar-refractivity contribution >= 4 is 51.5 Å². The third-order valence-corrected chi connectivity index (χ3v) is 7.63. The molecule has 3 aromatic rings. The van der Waals surface area contributed by atoms with Gasteiger partial charge in [-0.3, -0.25) is 14.5 Å². The van der Waals surface area contributed by atoms with Crippen molar-refractivity contribution in [2.24, 2.45) is 0 Å². The first-order chi connectivity index (χ1) is 19.3. The number of methoxy groups -OCH3 is 4. The molecule has 9 heteroatoms. The number of halogens is 1. The van der Waals surface area contributed by atoms with Crippen LogP contribution in [0, 0.1) is 3.57 Å². The number of anilines is 3. The fourth-order valence-electron chi connectivity index (χ4n) is 5.08. The molecule has 1 aliphatic heterocycles. The number of carbonyl (C=O) groups excluding carboxylic acids is 2. The number of amides is 2. The van der Waals surface area contributed by atoms with Gasteiger partial charge in [-0.2, -0.15) is 0 Å². The van der Waals surface area contributed by atoms with Crippen LogP contribution in [0.3, 0.4) is 0 Å². The van der Waals surface area contributed by atoms with Crippen molar-refractivity contribution in [2.75, 3.05) is 38.7 Å². The minimum atomic E-state index is -0.229. The van der Waals surface area contributed by atoms with Crippen LogP contribution >= 0.6 is 22.6 Å². The largest absolute Gasteiger partial charge is 0.501 e. The van der Waals surface area contributed by atoms with E-state index in [0.29, 0.717) is 40.0 Å². The third-order valence-electron chi connectivity index (χ3n) is 6.96. The number of carbonyl (C=O) groups is 2. The van der Waals surface area contributed by atoms with Crippen LogP contribution < -0.4 is 24.4 Å². The molecule has 0 spiro atoms. The Balaban J connectivity index is 1.66. The Morgan fingerprint density at radius 1 is 0.975 bits per heavy atom. The molecule has 0 saturated heterocycles. The standard InChI is InChI=1S/C31H33IN2O6/c1-7-23-24-15-20(32)11-12-25(24)34(31(36)29(23)18(2)37-3)22-10-8-9-19(13-22)14-28(35)33-21-16-26(38-4)30(40-6)27(17-21)39-5/h8-13,15-17,23H,7,14H2,1-6H3,(H,33,35)/b29-18+. The molecule has 4 rings (SSSR count). The molecule has 40 heavy (non-hydrogen) atoms. The molecule has 1 unspecified atom stereocenters. The highest BCUT2D eigenvalue weighted by Gasteiger charge is 2.38. The number of benzene rings is 3. The van der Waals surface area contributed by atoms with E-state index < -0.39 is 0 Å². The molecule has 0 bridgehead atoms. The van der Waals surface area contributed by atoms with Crippen LogP contribution in [0.1, 0.15) is 37.3 Å². The monoisotopic (exact) mass is 656 g/mol.